The first kappa shape index (κ1) is 17.1. The van der Waals surface area contributed by atoms with E-state index in [1.54, 1.807) is 0 Å². The van der Waals surface area contributed by atoms with Crippen molar-refractivity contribution in [3.05, 3.63) is 41.7 Å². The third-order valence-electron chi connectivity index (χ3n) is 3.22. The number of halogens is 1. The van der Waals surface area contributed by atoms with Gasteiger partial charge in [-0.05, 0) is 30.2 Å². The molecule has 0 radical (unpaired) electrons. The molecule has 1 saturated heterocycles. The van der Waals surface area contributed by atoms with Gasteiger partial charge in [-0.25, -0.2) is 17.6 Å². The molecule has 1 aliphatic rings. The lowest BCUT2D eigenvalue weighted by Crippen LogP contribution is -2.38. The highest BCUT2D eigenvalue weighted by Crippen LogP contribution is 2.11. The minimum absolute atomic E-state index is 0.0537. The fourth-order valence-electron chi connectivity index (χ4n) is 2.10. The van der Waals surface area contributed by atoms with Gasteiger partial charge in [0.25, 0.3) is 5.91 Å². The Kier molecular flexibility index (Phi) is 5.49. The smallest absolute Gasteiger partial charge is 0.331 e. The Bertz CT molecular complexity index is 712. The normalized spacial score (nSPS) is 19.6. The highest BCUT2D eigenvalue weighted by atomic mass is 32.2. The third kappa shape index (κ3) is 5.82. The van der Waals surface area contributed by atoms with Crippen molar-refractivity contribution in [1.82, 2.24) is 5.32 Å². The first-order chi connectivity index (χ1) is 10.8. The van der Waals surface area contributed by atoms with Crippen molar-refractivity contribution in [2.45, 2.75) is 12.5 Å². The number of benzene rings is 1. The molecule has 8 heteroatoms. The van der Waals surface area contributed by atoms with Gasteiger partial charge in [0.2, 0.25) is 0 Å². The van der Waals surface area contributed by atoms with Gasteiger partial charge in [-0.15, -0.1) is 0 Å². The van der Waals surface area contributed by atoms with Gasteiger partial charge in [0, 0.05) is 12.1 Å². The number of hydrogen-bond donors (Lipinski definition) is 1. The maximum Gasteiger partial charge on any atom is 0.331 e. The van der Waals surface area contributed by atoms with Crippen molar-refractivity contribution in [2.24, 2.45) is 0 Å². The van der Waals surface area contributed by atoms with Gasteiger partial charge in [0.15, 0.2) is 16.4 Å². The fourth-order valence-corrected chi connectivity index (χ4v) is 3.77. The van der Waals surface area contributed by atoms with Crippen molar-refractivity contribution >= 4 is 27.8 Å². The summed E-state index contributed by atoms with van der Waals surface area (Å²) in [5, 5.41) is 2.51. The lowest BCUT2D eigenvalue weighted by Gasteiger charge is -2.10. The highest BCUT2D eigenvalue weighted by molar-refractivity contribution is 7.91. The van der Waals surface area contributed by atoms with E-state index in [0.29, 0.717) is 12.0 Å². The second kappa shape index (κ2) is 7.36. The van der Waals surface area contributed by atoms with E-state index >= 15 is 0 Å². The number of nitrogens with one attached hydrogen (secondary N) is 1. The quantitative estimate of drug-likeness (QED) is 0.628. The summed E-state index contributed by atoms with van der Waals surface area (Å²) >= 11 is 0. The Hall–Kier alpha value is -2.22. The van der Waals surface area contributed by atoms with E-state index in [0.717, 1.165) is 6.08 Å². The molecule has 23 heavy (non-hydrogen) atoms. The van der Waals surface area contributed by atoms with Gasteiger partial charge in [-0.2, -0.15) is 0 Å². The van der Waals surface area contributed by atoms with Gasteiger partial charge in [0.05, 0.1) is 11.5 Å². The van der Waals surface area contributed by atoms with Crippen LogP contribution in [0.3, 0.4) is 0 Å². The van der Waals surface area contributed by atoms with Crippen molar-refractivity contribution in [3.8, 4) is 0 Å². The van der Waals surface area contributed by atoms with Crippen LogP contribution in [-0.4, -0.2) is 44.4 Å². The predicted octanol–water partition coefficient (Wildman–Crippen LogP) is 0.685. The average Bonchev–Trinajstić information content (AvgIpc) is 2.83. The molecule has 0 unspecified atom stereocenters. The summed E-state index contributed by atoms with van der Waals surface area (Å²) in [6.45, 7) is -0.483. The van der Waals surface area contributed by atoms with E-state index in [1.807, 2.05) is 0 Å². The van der Waals surface area contributed by atoms with Crippen molar-refractivity contribution < 1.29 is 27.1 Å². The van der Waals surface area contributed by atoms with Crippen molar-refractivity contribution in [1.29, 1.82) is 0 Å². The zero-order valence-electron chi connectivity index (χ0n) is 12.2. The number of amides is 1. The van der Waals surface area contributed by atoms with E-state index in [1.165, 1.54) is 30.3 Å². The molecular formula is C15H16FNO5S. The zero-order chi connectivity index (χ0) is 16.9. The molecule has 0 aliphatic carbocycles. The van der Waals surface area contributed by atoms with E-state index in [2.05, 4.69) is 5.32 Å². The minimum atomic E-state index is -3.08. The Labute approximate surface area is 133 Å². The molecule has 1 atom stereocenters. The molecule has 1 aromatic rings. The lowest BCUT2D eigenvalue weighted by molar-refractivity contribution is -0.143. The zero-order valence-corrected chi connectivity index (χ0v) is 13.0. The summed E-state index contributed by atoms with van der Waals surface area (Å²) in [7, 11) is -3.08. The van der Waals surface area contributed by atoms with E-state index in [9.17, 15) is 22.4 Å². The second-order valence-electron chi connectivity index (χ2n) is 5.16. The first-order valence-electron chi connectivity index (χ1n) is 6.94. The maximum atomic E-state index is 12.7. The van der Waals surface area contributed by atoms with Crippen molar-refractivity contribution in [3.63, 3.8) is 0 Å². The Morgan fingerprint density at radius 3 is 2.61 bits per heavy atom. The van der Waals surface area contributed by atoms with Crippen molar-refractivity contribution in [2.75, 3.05) is 18.1 Å². The SMILES string of the molecule is O=C(COC(=O)/C=C/c1ccc(F)cc1)N[C@@H]1CCS(=O)(=O)C1. The molecule has 124 valence electrons. The van der Waals surface area contributed by atoms with Crippen LogP contribution < -0.4 is 5.32 Å². The molecule has 1 aromatic carbocycles. The molecule has 0 spiro atoms. The predicted molar refractivity (Wildman–Crippen MR) is 81.6 cm³/mol. The number of carbonyl (C=O) groups excluding carboxylic acids is 2. The average molecular weight is 341 g/mol. The minimum Gasteiger partial charge on any atom is -0.452 e. The molecule has 1 aliphatic heterocycles. The van der Waals surface area contributed by atoms with Crippen LogP contribution in [0.25, 0.3) is 6.08 Å². The Balaban J connectivity index is 1.73. The summed E-state index contributed by atoms with van der Waals surface area (Å²) in [6, 6.07) is 5.07. The maximum absolute atomic E-state index is 12.7. The molecule has 1 fully saturated rings. The molecule has 1 heterocycles. The molecule has 1 amide bonds. The molecule has 0 aromatic heterocycles. The van der Waals surface area contributed by atoms with Crippen LogP contribution in [0, 0.1) is 5.82 Å². The van der Waals surface area contributed by atoms with Gasteiger partial charge < -0.3 is 10.1 Å². The molecule has 0 saturated carbocycles. The van der Waals surface area contributed by atoms with Crippen LogP contribution in [0.15, 0.2) is 30.3 Å². The van der Waals surface area contributed by atoms with Crippen LogP contribution in [0.4, 0.5) is 4.39 Å². The topological polar surface area (TPSA) is 89.5 Å². The standard InChI is InChI=1S/C15H16FNO5S/c16-12-4-1-11(2-5-12)3-6-15(19)22-9-14(18)17-13-7-8-23(20,21)10-13/h1-6,13H,7-10H2,(H,17,18)/b6-3+/t13-/m1/s1. The Morgan fingerprint density at radius 2 is 2.00 bits per heavy atom. The molecule has 6 nitrogen and oxygen atoms in total. The first-order valence-corrected chi connectivity index (χ1v) is 8.76. The fraction of sp³-hybridized carbons (Fsp3) is 0.333. The van der Waals surface area contributed by atoms with Crippen LogP contribution in [0.2, 0.25) is 0 Å². The molecular weight excluding hydrogens is 325 g/mol. The largest absolute Gasteiger partial charge is 0.452 e. The number of esters is 1. The van der Waals surface area contributed by atoms with Crippen LogP contribution in [0.1, 0.15) is 12.0 Å². The number of rotatable bonds is 5. The summed E-state index contributed by atoms with van der Waals surface area (Å²) in [5.41, 5.74) is 0.615. The number of carbonyl (C=O) groups is 2. The van der Waals surface area contributed by atoms with Crippen LogP contribution in [0.5, 0.6) is 0 Å². The lowest BCUT2D eigenvalue weighted by atomic mass is 10.2. The van der Waals surface area contributed by atoms with E-state index in [4.69, 9.17) is 4.74 Å². The van der Waals surface area contributed by atoms with Gasteiger partial charge in [-0.3, -0.25) is 4.79 Å². The molecule has 1 N–H and O–H groups in total. The molecule has 0 bridgehead atoms. The monoisotopic (exact) mass is 341 g/mol. The summed E-state index contributed by atoms with van der Waals surface area (Å²) < 4.78 is 40.0. The summed E-state index contributed by atoms with van der Waals surface area (Å²) in [5.74, 6) is -1.68. The van der Waals surface area contributed by atoms with Gasteiger partial charge in [-0.1, -0.05) is 12.1 Å². The summed E-state index contributed by atoms with van der Waals surface area (Å²) in [4.78, 5) is 23.0. The summed E-state index contributed by atoms with van der Waals surface area (Å²) in [6.07, 6.45) is 2.93. The van der Waals surface area contributed by atoms with E-state index < -0.39 is 34.4 Å². The van der Waals surface area contributed by atoms with E-state index in [-0.39, 0.29) is 17.3 Å². The number of sulfone groups is 1. The van der Waals surface area contributed by atoms with Gasteiger partial charge >= 0.3 is 5.97 Å². The van der Waals surface area contributed by atoms with Crippen LogP contribution in [-0.2, 0) is 24.2 Å². The highest BCUT2D eigenvalue weighted by Gasteiger charge is 2.28. The van der Waals surface area contributed by atoms with Crippen LogP contribution >= 0.6 is 0 Å². The number of ether oxygens (including phenoxy) is 1. The number of hydrogen-bond acceptors (Lipinski definition) is 5. The second-order valence-corrected chi connectivity index (χ2v) is 7.39. The Morgan fingerprint density at radius 1 is 1.30 bits per heavy atom. The molecule has 2 rings (SSSR count). The van der Waals surface area contributed by atoms with Gasteiger partial charge in [0.1, 0.15) is 5.82 Å². The third-order valence-corrected chi connectivity index (χ3v) is 4.99.